The summed E-state index contributed by atoms with van der Waals surface area (Å²) >= 11 is 3.41. The number of nitrogens with zero attached hydrogens (tertiary/aromatic N) is 3. The average molecular weight is 509 g/mol. The number of ether oxygens (including phenoxy) is 1. The van der Waals surface area contributed by atoms with E-state index in [0.717, 1.165) is 26.3 Å². The highest BCUT2D eigenvalue weighted by Crippen LogP contribution is 2.23. The molecule has 0 atom stereocenters. The zero-order chi connectivity index (χ0) is 22.8. The van der Waals surface area contributed by atoms with E-state index < -0.39 is 5.91 Å². The number of hydrogen-bond acceptors (Lipinski definition) is 5. The van der Waals surface area contributed by atoms with Gasteiger partial charge in [-0.25, -0.2) is 5.43 Å². The predicted octanol–water partition coefficient (Wildman–Crippen LogP) is 3.77. The lowest BCUT2D eigenvalue weighted by atomic mass is 10.2. The summed E-state index contributed by atoms with van der Waals surface area (Å²) < 4.78 is 13.7. The largest absolute Gasteiger partial charge is 0.451 e. The Bertz CT molecular complexity index is 1370. The first-order valence-corrected chi connectivity index (χ1v) is 11.3. The lowest BCUT2D eigenvalue weighted by molar-refractivity contribution is -0.135. The summed E-state index contributed by atoms with van der Waals surface area (Å²) in [6, 6.07) is 15.0. The summed E-state index contributed by atoms with van der Waals surface area (Å²) in [4.78, 5) is 27.0. The first-order chi connectivity index (χ1) is 16.1. The van der Waals surface area contributed by atoms with Crippen molar-refractivity contribution >= 4 is 55.8 Å². The number of furan rings is 1. The minimum atomic E-state index is -0.440. The lowest BCUT2D eigenvalue weighted by Gasteiger charge is -2.27. The van der Waals surface area contributed by atoms with Crippen molar-refractivity contribution in [1.29, 1.82) is 0 Å². The molecule has 0 radical (unpaired) electrons. The van der Waals surface area contributed by atoms with Crippen LogP contribution in [-0.2, 0) is 16.1 Å². The van der Waals surface area contributed by atoms with Crippen LogP contribution >= 0.6 is 15.9 Å². The maximum absolute atomic E-state index is 12.7. The van der Waals surface area contributed by atoms with Crippen molar-refractivity contribution in [3.63, 3.8) is 0 Å². The molecular formula is C24H21BrN4O4. The summed E-state index contributed by atoms with van der Waals surface area (Å²) in [7, 11) is 0. The number of fused-ring (bicyclic) bond motifs is 2. The number of benzene rings is 2. The third-order valence-corrected chi connectivity index (χ3v) is 6.05. The van der Waals surface area contributed by atoms with E-state index in [1.54, 1.807) is 18.3 Å². The second kappa shape index (κ2) is 9.21. The van der Waals surface area contributed by atoms with Crippen LogP contribution < -0.4 is 5.43 Å². The van der Waals surface area contributed by atoms with Crippen LogP contribution in [-0.4, -0.2) is 53.8 Å². The molecule has 0 bridgehead atoms. The monoisotopic (exact) mass is 508 g/mol. The third kappa shape index (κ3) is 4.55. The van der Waals surface area contributed by atoms with Crippen molar-refractivity contribution < 1.29 is 18.7 Å². The fourth-order valence-corrected chi connectivity index (χ4v) is 4.29. The van der Waals surface area contributed by atoms with E-state index in [0.29, 0.717) is 31.9 Å². The van der Waals surface area contributed by atoms with Crippen LogP contribution in [0.15, 0.2) is 68.7 Å². The van der Waals surface area contributed by atoms with E-state index in [-0.39, 0.29) is 18.2 Å². The number of hydrazone groups is 1. The Labute approximate surface area is 197 Å². The number of carbonyl (C=O) groups is 2. The van der Waals surface area contributed by atoms with Crippen molar-refractivity contribution in [3.8, 4) is 0 Å². The Morgan fingerprint density at radius 1 is 1.12 bits per heavy atom. The quantitative estimate of drug-likeness (QED) is 0.328. The van der Waals surface area contributed by atoms with Gasteiger partial charge in [0.15, 0.2) is 5.76 Å². The van der Waals surface area contributed by atoms with Gasteiger partial charge in [-0.1, -0.05) is 34.1 Å². The Morgan fingerprint density at radius 2 is 1.94 bits per heavy atom. The molecule has 1 N–H and O–H groups in total. The SMILES string of the molecule is O=C(NN=Cc1cn(CC(=O)N2CCOCC2)c2ccccc12)c1cc2cc(Br)ccc2o1. The molecule has 2 aromatic heterocycles. The summed E-state index contributed by atoms with van der Waals surface area (Å²) in [6.07, 6.45) is 3.45. The van der Waals surface area contributed by atoms with Gasteiger partial charge in [0.2, 0.25) is 5.91 Å². The highest BCUT2D eigenvalue weighted by Gasteiger charge is 2.18. The molecule has 9 heteroatoms. The fraction of sp³-hybridized carbons (Fsp3) is 0.208. The number of halogens is 1. The van der Waals surface area contributed by atoms with Crippen LogP contribution in [0.3, 0.4) is 0 Å². The van der Waals surface area contributed by atoms with Crippen molar-refractivity contribution in [2.45, 2.75) is 6.54 Å². The minimum absolute atomic E-state index is 0.0485. The summed E-state index contributed by atoms with van der Waals surface area (Å²) in [6.45, 7) is 2.58. The van der Waals surface area contributed by atoms with E-state index in [4.69, 9.17) is 9.15 Å². The molecule has 5 rings (SSSR count). The molecule has 2 aromatic carbocycles. The molecule has 8 nitrogen and oxygen atoms in total. The van der Waals surface area contributed by atoms with Crippen LogP contribution in [0.5, 0.6) is 0 Å². The maximum atomic E-state index is 12.7. The molecule has 1 aliphatic heterocycles. The molecule has 0 aliphatic carbocycles. The van der Waals surface area contributed by atoms with Gasteiger partial charge in [-0.3, -0.25) is 9.59 Å². The van der Waals surface area contributed by atoms with Crippen molar-refractivity contribution in [3.05, 3.63) is 70.5 Å². The number of morpholine rings is 1. The van der Waals surface area contributed by atoms with Gasteiger partial charge in [-0.15, -0.1) is 0 Å². The number of carbonyl (C=O) groups excluding carboxylic acids is 2. The Morgan fingerprint density at radius 3 is 2.79 bits per heavy atom. The second-order valence-electron chi connectivity index (χ2n) is 7.71. The zero-order valence-corrected chi connectivity index (χ0v) is 19.2. The number of nitrogens with one attached hydrogen (secondary N) is 1. The molecule has 0 unspecified atom stereocenters. The highest BCUT2D eigenvalue weighted by molar-refractivity contribution is 9.10. The molecule has 1 fully saturated rings. The van der Waals surface area contributed by atoms with Crippen LogP contribution in [0.25, 0.3) is 21.9 Å². The predicted molar refractivity (Wildman–Crippen MR) is 128 cm³/mol. The standard InChI is InChI=1S/C24H21BrN4O4/c25-18-5-6-21-16(11-18)12-22(33-21)24(31)27-26-13-17-14-29(20-4-2-1-3-19(17)20)15-23(30)28-7-9-32-10-8-28/h1-6,11-14H,7-10,15H2,(H,27,31). The molecule has 4 aromatic rings. The van der Waals surface area contributed by atoms with Crippen LogP contribution in [0, 0.1) is 0 Å². The summed E-state index contributed by atoms with van der Waals surface area (Å²) in [5, 5.41) is 5.89. The smallest absolute Gasteiger partial charge is 0.307 e. The molecular weight excluding hydrogens is 488 g/mol. The van der Waals surface area contributed by atoms with Crippen LogP contribution in [0.4, 0.5) is 0 Å². The lowest BCUT2D eigenvalue weighted by Crippen LogP contribution is -2.42. The Balaban J connectivity index is 1.32. The fourth-order valence-electron chi connectivity index (χ4n) is 3.91. The van der Waals surface area contributed by atoms with Crippen LogP contribution in [0.2, 0.25) is 0 Å². The molecule has 1 aliphatic rings. The normalized spacial score (nSPS) is 14.4. The first-order valence-electron chi connectivity index (χ1n) is 10.5. The van der Waals surface area contributed by atoms with Gasteiger partial charge < -0.3 is 18.6 Å². The first kappa shape index (κ1) is 21.4. The van der Waals surface area contributed by atoms with E-state index >= 15 is 0 Å². The highest BCUT2D eigenvalue weighted by atomic mass is 79.9. The minimum Gasteiger partial charge on any atom is -0.451 e. The van der Waals surface area contributed by atoms with Crippen molar-refractivity contribution in [1.82, 2.24) is 14.9 Å². The van der Waals surface area contributed by atoms with Crippen molar-refractivity contribution in [2.75, 3.05) is 26.3 Å². The third-order valence-electron chi connectivity index (χ3n) is 5.56. The number of hydrogen-bond donors (Lipinski definition) is 1. The van der Waals surface area contributed by atoms with Gasteiger partial charge in [0, 0.05) is 45.6 Å². The summed E-state index contributed by atoms with van der Waals surface area (Å²) in [5.41, 5.74) is 4.87. The maximum Gasteiger partial charge on any atom is 0.307 e. The number of para-hydroxylation sites is 1. The topological polar surface area (TPSA) is 89.1 Å². The molecule has 0 spiro atoms. The zero-order valence-electron chi connectivity index (χ0n) is 17.7. The number of amides is 2. The molecule has 1 saturated heterocycles. The van der Waals surface area contributed by atoms with Gasteiger partial charge in [-0.2, -0.15) is 5.10 Å². The second-order valence-corrected chi connectivity index (χ2v) is 8.63. The van der Waals surface area contributed by atoms with Gasteiger partial charge in [0.05, 0.1) is 19.4 Å². The van der Waals surface area contributed by atoms with Gasteiger partial charge in [0.1, 0.15) is 12.1 Å². The number of rotatable bonds is 5. The van der Waals surface area contributed by atoms with Crippen molar-refractivity contribution in [2.24, 2.45) is 5.10 Å². The van der Waals surface area contributed by atoms with E-state index in [1.165, 1.54) is 0 Å². The van der Waals surface area contributed by atoms with Crippen LogP contribution in [0.1, 0.15) is 16.1 Å². The summed E-state index contributed by atoms with van der Waals surface area (Å²) in [5.74, 6) is -0.212. The molecule has 168 valence electrons. The van der Waals surface area contributed by atoms with Gasteiger partial charge in [-0.05, 0) is 30.3 Å². The Hall–Kier alpha value is -3.43. The number of aromatic nitrogens is 1. The van der Waals surface area contributed by atoms with Gasteiger partial charge in [0.25, 0.3) is 0 Å². The Kier molecular flexibility index (Phi) is 5.97. The molecule has 33 heavy (non-hydrogen) atoms. The molecule has 0 saturated carbocycles. The van der Waals surface area contributed by atoms with E-state index in [1.807, 2.05) is 52.1 Å². The van der Waals surface area contributed by atoms with E-state index in [2.05, 4.69) is 26.5 Å². The van der Waals surface area contributed by atoms with E-state index in [9.17, 15) is 9.59 Å². The van der Waals surface area contributed by atoms with Gasteiger partial charge >= 0.3 is 5.91 Å². The average Bonchev–Trinajstić information content (AvgIpc) is 3.41. The molecule has 3 heterocycles. The molecule has 2 amide bonds.